The Hall–Kier alpha value is -1.77. The van der Waals surface area contributed by atoms with Gasteiger partial charge < -0.3 is 10.5 Å². The van der Waals surface area contributed by atoms with Crippen molar-refractivity contribution in [2.75, 3.05) is 12.8 Å². The molecule has 0 aromatic heterocycles. The topological polar surface area (TPSA) is 52.3 Å². The first-order valence-electron chi connectivity index (χ1n) is 4.84. The fourth-order valence-electron chi connectivity index (χ4n) is 0.839. The van der Waals surface area contributed by atoms with Crippen molar-refractivity contribution in [3.8, 4) is 0 Å². The van der Waals surface area contributed by atoms with Gasteiger partial charge in [-0.05, 0) is 23.8 Å². The van der Waals surface area contributed by atoms with Crippen LogP contribution in [-0.2, 0) is 9.53 Å². The summed E-state index contributed by atoms with van der Waals surface area (Å²) in [6.07, 6.45) is 3.04. The Labute approximate surface area is 90.6 Å². The van der Waals surface area contributed by atoms with E-state index in [1.807, 2.05) is 26.0 Å². The van der Waals surface area contributed by atoms with E-state index in [4.69, 9.17) is 5.73 Å². The van der Waals surface area contributed by atoms with Crippen molar-refractivity contribution in [3.63, 3.8) is 0 Å². The summed E-state index contributed by atoms with van der Waals surface area (Å²) in [6.45, 7) is 4.00. The first-order chi connectivity index (χ1) is 7.22. The molecule has 0 saturated carbocycles. The lowest BCUT2D eigenvalue weighted by Crippen LogP contribution is -1.93. The summed E-state index contributed by atoms with van der Waals surface area (Å²) in [5.74, 6) is -0.364. The summed E-state index contributed by atoms with van der Waals surface area (Å²) in [6, 6.07) is 7.21. The second kappa shape index (κ2) is 7.62. The quantitative estimate of drug-likeness (QED) is 0.460. The van der Waals surface area contributed by atoms with E-state index in [0.29, 0.717) is 5.69 Å². The normalized spacial score (nSPS) is 9.27. The maximum atomic E-state index is 10.7. The Morgan fingerprint density at radius 2 is 1.80 bits per heavy atom. The van der Waals surface area contributed by atoms with Gasteiger partial charge in [0.2, 0.25) is 0 Å². The molecule has 0 spiro atoms. The minimum Gasteiger partial charge on any atom is -0.466 e. The summed E-state index contributed by atoms with van der Waals surface area (Å²) in [7, 11) is 1.34. The molecule has 0 heterocycles. The van der Waals surface area contributed by atoms with Crippen LogP contribution >= 0.6 is 0 Å². The third-order valence-corrected chi connectivity index (χ3v) is 1.55. The van der Waals surface area contributed by atoms with E-state index in [2.05, 4.69) is 4.74 Å². The SMILES string of the molecule is CC.COC(=O)/C=C/c1ccc(N)cc1. The Balaban J connectivity index is 0.000000921. The van der Waals surface area contributed by atoms with Gasteiger partial charge in [0.25, 0.3) is 0 Å². The molecule has 2 N–H and O–H groups in total. The van der Waals surface area contributed by atoms with Gasteiger partial charge in [-0.3, -0.25) is 0 Å². The zero-order valence-electron chi connectivity index (χ0n) is 9.36. The van der Waals surface area contributed by atoms with Crippen molar-refractivity contribution >= 4 is 17.7 Å². The molecule has 0 aliphatic rings. The summed E-state index contributed by atoms with van der Waals surface area (Å²) in [5.41, 5.74) is 7.11. The van der Waals surface area contributed by atoms with Gasteiger partial charge in [0.05, 0.1) is 7.11 Å². The number of hydrogen-bond donors (Lipinski definition) is 1. The van der Waals surface area contributed by atoms with E-state index in [0.717, 1.165) is 5.56 Å². The number of methoxy groups -OCH3 is 1. The van der Waals surface area contributed by atoms with Crippen LogP contribution < -0.4 is 5.73 Å². The standard InChI is InChI=1S/C10H11NO2.C2H6/c1-13-10(12)7-4-8-2-5-9(11)6-3-8;1-2/h2-7H,11H2,1H3;1-2H3/b7-4+;. The van der Waals surface area contributed by atoms with Crippen molar-refractivity contribution in [1.29, 1.82) is 0 Å². The largest absolute Gasteiger partial charge is 0.466 e. The van der Waals surface area contributed by atoms with E-state index < -0.39 is 0 Å². The Kier molecular flexibility index (Phi) is 6.72. The average molecular weight is 207 g/mol. The summed E-state index contributed by atoms with van der Waals surface area (Å²) >= 11 is 0. The van der Waals surface area contributed by atoms with E-state index in [-0.39, 0.29) is 5.97 Å². The molecular weight excluding hydrogens is 190 g/mol. The highest BCUT2D eigenvalue weighted by atomic mass is 16.5. The van der Waals surface area contributed by atoms with Crippen molar-refractivity contribution < 1.29 is 9.53 Å². The van der Waals surface area contributed by atoms with Crippen LogP contribution in [0.15, 0.2) is 30.3 Å². The van der Waals surface area contributed by atoms with Gasteiger partial charge >= 0.3 is 5.97 Å². The Morgan fingerprint density at radius 1 is 1.27 bits per heavy atom. The van der Waals surface area contributed by atoms with E-state index in [1.54, 1.807) is 18.2 Å². The molecule has 0 atom stereocenters. The molecule has 0 aliphatic heterocycles. The van der Waals surface area contributed by atoms with Crippen molar-refractivity contribution in [1.82, 2.24) is 0 Å². The van der Waals surface area contributed by atoms with Crippen LogP contribution in [0, 0.1) is 0 Å². The van der Waals surface area contributed by atoms with Crippen molar-refractivity contribution in [2.45, 2.75) is 13.8 Å². The third kappa shape index (κ3) is 5.52. The number of carbonyl (C=O) groups is 1. The maximum absolute atomic E-state index is 10.7. The zero-order valence-corrected chi connectivity index (χ0v) is 9.36. The number of ether oxygens (including phenoxy) is 1. The van der Waals surface area contributed by atoms with Gasteiger partial charge in [0.1, 0.15) is 0 Å². The zero-order chi connectivity index (χ0) is 11.7. The van der Waals surface area contributed by atoms with Gasteiger partial charge in [0.15, 0.2) is 0 Å². The first-order valence-corrected chi connectivity index (χ1v) is 4.84. The lowest BCUT2D eigenvalue weighted by atomic mass is 10.2. The number of esters is 1. The summed E-state index contributed by atoms with van der Waals surface area (Å²) < 4.78 is 4.45. The summed E-state index contributed by atoms with van der Waals surface area (Å²) in [5, 5.41) is 0. The predicted octanol–water partition coefficient (Wildman–Crippen LogP) is 2.48. The van der Waals surface area contributed by atoms with E-state index >= 15 is 0 Å². The molecule has 15 heavy (non-hydrogen) atoms. The lowest BCUT2D eigenvalue weighted by Gasteiger charge is -1.94. The number of rotatable bonds is 2. The van der Waals surface area contributed by atoms with Crippen LogP contribution in [0.2, 0.25) is 0 Å². The van der Waals surface area contributed by atoms with Crippen molar-refractivity contribution in [3.05, 3.63) is 35.9 Å². The van der Waals surface area contributed by atoms with Crippen LogP contribution in [0.25, 0.3) is 6.08 Å². The number of hydrogen-bond acceptors (Lipinski definition) is 3. The minimum absolute atomic E-state index is 0.364. The lowest BCUT2D eigenvalue weighted by molar-refractivity contribution is -0.134. The van der Waals surface area contributed by atoms with Crippen LogP contribution in [0.4, 0.5) is 5.69 Å². The van der Waals surface area contributed by atoms with Crippen LogP contribution in [0.1, 0.15) is 19.4 Å². The number of nitrogen functional groups attached to an aromatic ring is 1. The molecule has 3 heteroatoms. The molecule has 1 aromatic carbocycles. The van der Waals surface area contributed by atoms with Gasteiger partial charge in [-0.2, -0.15) is 0 Å². The van der Waals surface area contributed by atoms with E-state index in [9.17, 15) is 4.79 Å². The maximum Gasteiger partial charge on any atom is 0.330 e. The fraction of sp³-hybridized carbons (Fsp3) is 0.250. The van der Waals surface area contributed by atoms with Crippen LogP contribution in [-0.4, -0.2) is 13.1 Å². The summed E-state index contributed by atoms with van der Waals surface area (Å²) in [4.78, 5) is 10.7. The molecule has 1 rings (SSSR count). The molecule has 0 radical (unpaired) electrons. The molecule has 0 aliphatic carbocycles. The highest BCUT2D eigenvalue weighted by molar-refractivity contribution is 5.86. The third-order valence-electron chi connectivity index (χ3n) is 1.55. The first kappa shape index (κ1) is 13.2. The highest BCUT2D eigenvalue weighted by Crippen LogP contribution is 2.06. The minimum atomic E-state index is -0.364. The Bertz CT molecular complexity index is 315. The number of benzene rings is 1. The average Bonchev–Trinajstić information content (AvgIpc) is 2.30. The fourth-order valence-corrected chi connectivity index (χ4v) is 0.839. The van der Waals surface area contributed by atoms with Gasteiger partial charge in [0, 0.05) is 11.8 Å². The monoisotopic (exact) mass is 207 g/mol. The second-order valence-electron chi connectivity index (χ2n) is 2.52. The molecule has 0 unspecified atom stereocenters. The molecule has 0 bridgehead atoms. The van der Waals surface area contributed by atoms with Crippen LogP contribution in [0.3, 0.4) is 0 Å². The molecule has 1 aromatic rings. The van der Waals surface area contributed by atoms with Gasteiger partial charge in [-0.1, -0.05) is 26.0 Å². The number of carbonyl (C=O) groups excluding carboxylic acids is 1. The number of nitrogens with two attached hydrogens (primary N) is 1. The second-order valence-corrected chi connectivity index (χ2v) is 2.52. The highest BCUT2D eigenvalue weighted by Gasteiger charge is 1.91. The smallest absolute Gasteiger partial charge is 0.330 e. The molecule has 82 valence electrons. The van der Waals surface area contributed by atoms with Gasteiger partial charge in [-0.25, -0.2) is 4.79 Å². The molecule has 3 nitrogen and oxygen atoms in total. The van der Waals surface area contributed by atoms with E-state index in [1.165, 1.54) is 13.2 Å². The number of anilines is 1. The molecule has 0 amide bonds. The predicted molar refractivity (Wildman–Crippen MR) is 63.3 cm³/mol. The molecule has 0 fully saturated rings. The van der Waals surface area contributed by atoms with Crippen LogP contribution in [0.5, 0.6) is 0 Å². The Morgan fingerprint density at radius 3 is 2.27 bits per heavy atom. The van der Waals surface area contributed by atoms with Crippen molar-refractivity contribution in [2.24, 2.45) is 0 Å². The molecule has 0 saturated heterocycles. The van der Waals surface area contributed by atoms with Gasteiger partial charge in [-0.15, -0.1) is 0 Å². The molecular formula is C12H17NO2.